The summed E-state index contributed by atoms with van der Waals surface area (Å²) in [6, 6.07) is 0.852. The van der Waals surface area contributed by atoms with Gasteiger partial charge in [0, 0.05) is 11.3 Å². The number of hydrogen-bond acceptors (Lipinski definition) is 4. The predicted molar refractivity (Wildman–Crippen MR) is 48.6 cm³/mol. The minimum absolute atomic E-state index is 0.379. The van der Waals surface area contributed by atoms with Crippen molar-refractivity contribution in [1.29, 1.82) is 0 Å². The molecule has 0 aromatic heterocycles. The lowest BCUT2D eigenvalue weighted by Gasteiger charge is -2.26. The Balaban J connectivity index is 2.03. The zero-order valence-corrected chi connectivity index (χ0v) is 7.18. The Morgan fingerprint density at radius 3 is 3.09 bits per heavy atom. The van der Waals surface area contributed by atoms with Crippen LogP contribution < -0.4 is 11.5 Å². The fraction of sp³-hybridized carbons (Fsp3) is 0.857. The van der Waals surface area contributed by atoms with E-state index in [0.717, 1.165) is 24.4 Å². The highest BCUT2D eigenvalue weighted by Gasteiger charge is 2.33. The van der Waals surface area contributed by atoms with E-state index in [1.54, 1.807) is 11.8 Å². The second kappa shape index (κ2) is 2.68. The summed E-state index contributed by atoms with van der Waals surface area (Å²) in [7, 11) is 0. The van der Waals surface area contributed by atoms with Gasteiger partial charge in [0.2, 0.25) is 0 Å². The standard InChI is InChI=1S/C7H13N3S/c8-4-1-2-5-6(3-4)11-7(9)10-5/h4-6H,1-3,8H2,(H2,9,10)/t4-,5+,6-/m0/s1. The van der Waals surface area contributed by atoms with Crippen LogP contribution in [0.2, 0.25) is 0 Å². The van der Waals surface area contributed by atoms with E-state index in [0.29, 0.717) is 17.3 Å². The van der Waals surface area contributed by atoms with Crippen molar-refractivity contribution in [2.75, 3.05) is 0 Å². The van der Waals surface area contributed by atoms with Crippen LogP contribution in [0.5, 0.6) is 0 Å². The van der Waals surface area contributed by atoms with E-state index in [4.69, 9.17) is 11.5 Å². The Bertz CT molecular complexity index is 192. The lowest BCUT2D eigenvalue weighted by Crippen LogP contribution is -2.35. The number of nitrogens with two attached hydrogens (primary N) is 2. The van der Waals surface area contributed by atoms with Gasteiger partial charge in [0.1, 0.15) is 0 Å². The first-order valence-corrected chi connectivity index (χ1v) is 4.89. The van der Waals surface area contributed by atoms with E-state index in [1.807, 2.05) is 0 Å². The van der Waals surface area contributed by atoms with Crippen LogP contribution in [0, 0.1) is 0 Å². The van der Waals surface area contributed by atoms with E-state index in [2.05, 4.69) is 4.99 Å². The Kier molecular flexibility index (Phi) is 1.81. The normalized spacial score (nSPS) is 43.4. The van der Waals surface area contributed by atoms with E-state index in [1.165, 1.54) is 0 Å². The van der Waals surface area contributed by atoms with Crippen molar-refractivity contribution in [3.05, 3.63) is 0 Å². The monoisotopic (exact) mass is 171 g/mol. The molecule has 3 atom stereocenters. The van der Waals surface area contributed by atoms with Crippen LogP contribution in [0.25, 0.3) is 0 Å². The van der Waals surface area contributed by atoms with Gasteiger partial charge in [-0.3, -0.25) is 4.99 Å². The third-order valence-electron chi connectivity index (χ3n) is 2.36. The summed E-state index contributed by atoms with van der Waals surface area (Å²) in [6.45, 7) is 0. The Morgan fingerprint density at radius 1 is 1.45 bits per heavy atom. The zero-order chi connectivity index (χ0) is 7.84. The molecule has 3 nitrogen and oxygen atoms in total. The zero-order valence-electron chi connectivity index (χ0n) is 6.36. The fourth-order valence-corrected chi connectivity index (χ4v) is 2.97. The van der Waals surface area contributed by atoms with E-state index >= 15 is 0 Å². The van der Waals surface area contributed by atoms with Crippen LogP contribution in [-0.2, 0) is 0 Å². The molecule has 0 aromatic carbocycles. The third-order valence-corrected chi connectivity index (χ3v) is 3.52. The van der Waals surface area contributed by atoms with Gasteiger partial charge in [-0.15, -0.1) is 0 Å². The van der Waals surface area contributed by atoms with E-state index in [-0.39, 0.29) is 0 Å². The van der Waals surface area contributed by atoms with Gasteiger partial charge in [-0.1, -0.05) is 11.8 Å². The molecule has 2 rings (SSSR count). The molecule has 0 unspecified atom stereocenters. The summed E-state index contributed by atoms with van der Waals surface area (Å²) in [5.74, 6) is 0. The van der Waals surface area contributed by atoms with Gasteiger partial charge >= 0.3 is 0 Å². The SMILES string of the molecule is NC1=N[C@@H]2CC[C@H](N)C[C@@H]2S1. The fourth-order valence-electron chi connectivity index (χ4n) is 1.77. The molecule has 1 heterocycles. The minimum atomic E-state index is 0.379. The lowest BCUT2D eigenvalue weighted by atomic mass is 9.92. The van der Waals surface area contributed by atoms with Crippen LogP contribution in [0.15, 0.2) is 4.99 Å². The summed E-state index contributed by atoms with van der Waals surface area (Å²) in [5, 5.41) is 1.34. The quantitative estimate of drug-likeness (QED) is 0.551. The molecule has 0 bridgehead atoms. The summed E-state index contributed by atoms with van der Waals surface area (Å²) in [4.78, 5) is 4.35. The molecular weight excluding hydrogens is 158 g/mol. The average molecular weight is 171 g/mol. The maximum Gasteiger partial charge on any atom is 0.154 e. The first-order valence-electron chi connectivity index (χ1n) is 4.01. The maximum absolute atomic E-state index is 5.83. The Hall–Kier alpha value is -0.220. The number of rotatable bonds is 0. The summed E-state index contributed by atoms with van der Waals surface area (Å²) >= 11 is 1.70. The van der Waals surface area contributed by atoms with Crippen molar-refractivity contribution in [2.45, 2.75) is 36.6 Å². The first kappa shape index (κ1) is 7.43. The molecule has 0 amide bonds. The van der Waals surface area contributed by atoms with Crippen LogP contribution in [0.3, 0.4) is 0 Å². The van der Waals surface area contributed by atoms with Crippen LogP contribution >= 0.6 is 11.8 Å². The van der Waals surface area contributed by atoms with Gasteiger partial charge in [0.05, 0.1) is 6.04 Å². The summed E-state index contributed by atoms with van der Waals surface area (Å²) in [5.41, 5.74) is 11.4. The van der Waals surface area contributed by atoms with Crippen LogP contribution in [0.4, 0.5) is 0 Å². The lowest BCUT2D eigenvalue weighted by molar-refractivity contribution is 0.412. The number of nitrogens with zero attached hydrogens (tertiary/aromatic N) is 1. The van der Waals surface area contributed by atoms with Gasteiger partial charge in [-0.2, -0.15) is 0 Å². The highest BCUT2D eigenvalue weighted by molar-refractivity contribution is 8.14. The van der Waals surface area contributed by atoms with E-state index in [9.17, 15) is 0 Å². The molecule has 1 fully saturated rings. The van der Waals surface area contributed by atoms with Crippen LogP contribution in [-0.4, -0.2) is 22.5 Å². The maximum atomic E-state index is 5.83. The number of fused-ring (bicyclic) bond motifs is 1. The number of aliphatic imine (C=N–C) groups is 1. The number of thioether (sulfide) groups is 1. The Labute approximate surface area is 70.6 Å². The largest absolute Gasteiger partial charge is 0.379 e. The molecule has 0 aromatic rings. The molecule has 0 radical (unpaired) electrons. The van der Waals surface area contributed by atoms with Crippen molar-refractivity contribution in [3.63, 3.8) is 0 Å². The average Bonchev–Trinajstić information content (AvgIpc) is 2.27. The highest BCUT2D eigenvalue weighted by atomic mass is 32.2. The van der Waals surface area contributed by atoms with Crippen molar-refractivity contribution >= 4 is 16.9 Å². The molecule has 4 heteroatoms. The summed E-state index contributed by atoms with van der Waals surface area (Å²) in [6.07, 6.45) is 3.32. The minimum Gasteiger partial charge on any atom is -0.379 e. The van der Waals surface area contributed by atoms with Crippen molar-refractivity contribution in [1.82, 2.24) is 0 Å². The van der Waals surface area contributed by atoms with Crippen molar-refractivity contribution in [2.24, 2.45) is 16.5 Å². The first-order chi connectivity index (χ1) is 5.25. The van der Waals surface area contributed by atoms with E-state index < -0.39 is 0 Å². The number of amidine groups is 1. The third kappa shape index (κ3) is 1.37. The molecule has 11 heavy (non-hydrogen) atoms. The van der Waals surface area contributed by atoms with Crippen molar-refractivity contribution in [3.8, 4) is 0 Å². The molecule has 2 aliphatic rings. The molecule has 1 saturated carbocycles. The summed E-state index contributed by atoms with van der Waals surface area (Å²) < 4.78 is 0. The van der Waals surface area contributed by atoms with Crippen LogP contribution in [0.1, 0.15) is 19.3 Å². The molecular formula is C7H13N3S. The van der Waals surface area contributed by atoms with Gasteiger partial charge in [-0.25, -0.2) is 0 Å². The van der Waals surface area contributed by atoms with Crippen molar-refractivity contribution < 1.29 is 0 Å². The van der Waals surface area contributed by atoms with Gasteiger partial charge < -0.3 is 11.5 Å². The molecule has 62 valence electrons. The molecule has 4 N–H and O–H groups in total. The second-order valence-corrected chi connectivity index (χ2v) is 4.52. The predicted octanol–water partition coefficient (Wildman–Crippen LogP) is 0.296. The second-order valence-electron chi connectivity index (χ2n) is 3.26. The number of hydrogen-bond donors (Lipinski definition) is 2. The topological polar surface area (TPSA) is 64.4 Å². The van der Waals surface area contributed by atoms with Gasteiger partial charge in [-0.05, 0) is 19.3 Å². The molecule has 0 spiro atoms. The smallest absolute Gasteiger partial charge is 0.154 e. The molecule has 0 saturated heterocycles. The molecule has 1 aliphatic heterocycles. The molecule has 1 aliphatic carbocycles. The Morgan fingerprint density at radius 2 is 2.27 bits per heavy atom. The van der Waals surface area contributed by atoms with Gasteiger partial charge in [0.15, 0.2) is 5.17 Å². The van der Waals surface area contributed by atoms with Gasteiger partial charge in [0.25, 0.3) is 0 Å². The highest BCUT2D eigenvalue weighted by Crippen LogP contribution is 2.35.